The van der Waals surface area contributed by atoms with Crippen LogP contribution >= 0.6 is 0 Å². The highest BCUT2D eigenvalue weighted by atomic mass is 16.4. The van der Waals surface area contributed by atoms with Crippen molar-refractivity contribution in [2.75, 3.05) is 78.5 Å². The number of rotatable bonds is 23. The molecule has 0 heterocycles. The van der Waals surface area contributed by atoms with E-state index >= 15 is 0 Å². The Balaban J connectivity index is 3.99. The molecule has 0 aliphatic heterocycles. The van der Waals surface area contributed by atoms with Gasteiger partial charge in [0.1, 0.15) is 6.54 Å². The molecule has 0 aliphatic carbocycles. The van der Waals surface area contributed by atoms with E-state index < -0.39 is 143 Å². The van der Waals surface area contributed by atoms with Gasteiger partial charge in [-0.2, -0.15) is 0 Å². The molecule has 0 aromatic heterocycles. The number of nitrogens with two attached hydrogens (primary N) is 1. The van der Waals surface area contributed by atoms with Crippen molar-refractivity contribution in [2.45, 2.75) is 0 Å². The number of carboxylic acid groups (broad SMARTS) is 1. The third-order valence-electron chi connectivity index (χ3n) is 5.08. The smallest absolute Gasteiger partial charge is 0.322 e. The molecule has 0 unspecified atom stereocenters. The van der Waals surface area contributed by atoms with Crippen molar-refractivity contribution in [3.05, 3.63) is 0 Å². The van der Waals surface area contributed by atoms with Gasteiger partial charge in [-0.15, -0.1) is 0 Å². The molecule has 49 heavy (non-hydrogen) atoms. The summed E-state index contributed by atoms with van der Waals surface area (Å²) >= 11 is 0. The third kappa shape index (κ3) is 25.5. The fourth-order valence-corrected chi connectivity index (χ4v) is 2.66. The Hall–Kier alpha value is -6.40. The van der Waals surface area contributed by atoms with E-state index in [1.165, 1.54) is 0 Å². The summed E-state index contributed by atoms with van der Waals surface area (Å²) in [6.07, 6.45) is 0. The van der Waals surface area contributed by atoms with Gasteiger partial charge in [-0.05, 0) is 0 Å². The van der Waals surface area contributed by atoms with Crippen LogP contribution in [0.15, 0.2) is 0 Å². The molecular formula is C24H38N12O13. The summed E-state index contributed by atoms with van der Waals surface area (Å²) in [7, 11) is 0. The molecule has 272 valence electrons. The van der Waals surface area contributed by atoms with E-state index in [0.29, 0.717) is 0 Å². The molecule has 0 rings (SSSR count). The van der Waals surface area contributed by atoms with Gasteiger partial charge in [0.2, 0.25) is 65.0 Å². The summed E-state index contributed by atoms with van der Waals surface area (Å²) in [4.78, 5) is 138. The zero-order valence-corrected chi connectivity index (χ0v) is 25.9. The minimum Gasteiger partial charge on any atom is -0.480 e. The molecule has 25 heteroatoms. The summed E-state index contributed by atoms with van der Waals surface area (Å²) in [5.41, 5.74) is 5.06. The highest BCUT2D eigenvalue weighted by Crippen LogP contribution is 1.75. The van der Waals surface area contributed by atoms with Gasteiger partial charge in [0.05, 0.1) is 72.0 Å². The average molecular weight is 703 g/mol. The molecule has 25 nitrogen and oxygen atoms in total. The second kappa shape index (κ2) is 24.8. The lowest BCUT2D eigenvalue weighted by Gasteiger charge is -2.10. The highest BCUT2D eigenvalue weighted by Gasteiger charge is 2.13. The van der Waals surface area contributed by atoms with Gasteiger partial charge in [0, 0.05) is 0 Å². The van der Waals surface area contributed by atoms with E-state index in [4.69, 9.17) is 10.8 Å². The number of hydrogen-bond donors (Lipinski definition) is 13. The summed E-state index contributed by atoms with van der Waals surface area (Å²) in [5.74, 6) is -9.48. The van der Waals surface area contributed by atoms with Crippen molar-refractivity contribution in [1.29, 1.82) is 0 Å². The highest BCUT2D eigenvalue weighted by molar-refractivity contribution is 5.94. The van der Waals surface area contributed by atoms with Gasteiger partial charge in [-0.25, -0.2) is 0 Å². The minimum absolute atomic E-state index is 0.313. The first-order chi connectivity index (χ1) is 23.1. The summed E-state index contributed by atoms with van der Waals surface area (Å²) in [5, 5.41) is 32.1. The van der Waals surface area contributed by atoms with E-state index in [1.807, 2.05) is 5.32 Å². The molecule has 0 spiro atoms. The van der Waals surface area contributed by atoms with Crippen LogP contribution in [-0.2, 0) is 57.5 Å². The van der Waals surface area contributed by atoms with Crippen molar-refractivity contribution in [3.63, 3.8) is 0 Å². The SMILES string of the molecule is NCC(=O)NCC(=O)NCC(=O)NCC(=O)NCC(=O)NCC(=O)NCC(=O)NCC(=O)NCC(=O)NCC(=O)NCC(=O)NCC(=O)O. The number of hydrogen-bond acceptors (Lipinski definition) is 13. The third-order valence-corrected chi connectivity index (χ3v) is 5.08. The van der Waals surface area contributed by atoms with Crippen molar-refractivity contribution in [3.8, 4) is 0 Å². The van der Waals surface area contributed by atoms with Crippen LogP contribution in [0.25, 0.3) is 0 Å². The number of carbonyl (C=O) groups excluding carboxylic acids is 11. The van der Waals surface area contributed by atoms with Crippen molar-refractivity contribution >= 4 is 70.9 Å². The fourth-order valence-electron chi connectivity index (χ4n) is 2.66. The molecule has 0 bridgehead atoms. The zero-order chi connectivity index (χ0) is 37.2. The predicted octanol–water partition coefficient (Wildman–Crippen LogP) is -10.7. The number of aliphatic carboxylic acids is 1. The number of carboxylic acids is 1. The number of nitrogens with one attached hydrogen (secondary N) is 11. The van der Waals surface area contributed by atoms with E-state index in [1.54, 1.807) is 0 Å². The van der Waals surface area contributed by atoms with Crippen LogP contribution in [0.3, 0.4) is 0 Å². The van der Waals surface area contributed by atoms with Crippen molar-refractivity contribution < 1.29 is 62.6 Å². The molecular weight excluding hydrogens is 664 g/mol. The summed E-state index contributed by atoms with van der Waals surface area (Å²) in [6, 6.07) is 0. The second-order valence-corrected chi connectivity index (χ2v) is 9.14. The van der Waals surface area contributed by atoms with Crippen LogP contribution in [0.5, 0.6) is 0 Å². The molecule has 0 atom stereocenters. The minimum atomic E-state index is -1.27. The van der Waals surface area contributed by atoms with Crippen LogP contribution in [-0.4, -0.2) is 155 Å². The lowest BCUT2D eigenvalue weighted by Crippen LogP contribution is -2.48. The van der Waals surface area contributed by atoms with Crippen LogP contribution in [0, 0.1) is 0 Å². The molecule has 0 aromatic carbocycles. The number of carbonyl (C=O) groups is 12. The normalized spacial score (nSPS) is 9.73. The van der Waals surface area contributed by atoms with E-state index in [2.05, 4.69) is 53.2 Å². The topological polar surface area (TPSA) is 383 Å². The molecule has 14 N–H and O–H groups in total. The molecule has 11 amide bonds. The van der Waals surface area contributed by atoms with Crippen LogP contribution < -0.4 is 64.2 Å². The Kier molecular flexibility index (Phi) is 21.5. The van der Waals surface area contributed by atoms with Crippen molar-refractivity contribution in [1.82, 2.24) is 58.5 Å². The van der Waals surface area contributed by atoms with E-state index in [0.717, 1.165) is 0 Å². The quantitative estimate of drug-likeness (QED) is 0.0470. The largest absolute Gasteiger partial charge is 0.480 e. The first-order valence-electron chi connectivity index (χ1n) is 14.0. The lowest BCUT2D eigenvalue weighted by molar-refractivity contribution is -0.138. The Bertz CT molecular complexity index is 1270. The van der Waals surface area contributed by atoms with Crippen molar-refractivity contribution in [2.24, 2.45) is 5.73 Å². The van der Waals surface area contributed by atoms with Crippen LogP contribution in [0.1, 0.15) is 0 Å². The first kappa shape index (κ1) is 42.6. The Morgan fingerprint density at radius 1 is 0.286 bits per heavy atom. The maximum absolute atomic E-state index is 11.8. The van der Waals surface area contributed by atoms with Gasteiger partial charge >= 0.3 is 5.97 Å². The van der Waals surface area contributed by atoms with E-state index in [9.17, 15) is 57.5 Å². The lowest BCUT2D eigenvalue weighted by atomic mass is 10.4. The molecule has 0 aromatic rings. The zero-order valence-electron chi connectivity index (χ0n) is 25.9. The summed E-state index contributed by atoms with van der Waals surface area (Å²) < 4.78 is 0. The Morgan fingerprint density at radius 2 is 0.429 bits per heavy atom. The molecule has 0 aliphatic rings. The Morgan fingerprint density at radius 3 is 0.571 bits per heavy atom. The van der Waals surface area contributed by atoms with Gasteiger partial charge in [0.15, 0.2) is 0 Å². The first-order valence-corrected chi connectivity index (χ1v) is 14.0. The van der Waals surface area contributed by atoms with Crippen LogP contribution in [0.2, 0.25) is 0 Å². The van der Waals surface area contributed by atoms with Gasteiger partial charge < -0.3 is 69.3 Å². The fraction of sp³-hybridized carbons (Fsp3) is 0.500. The molecule has 0 fully saturated rings. The van der Waals surface area contributed by atoms with Gasteiger partial charge in [-0.1, -0.05) is 0 Å². The molecule has 0 saturated carbocycles. The van der Waals surface area contributed by atoms with Crippen LogP contribution in [0.4, 0.5) is 0 Å². The molecule has 0 radical (unpaired) electrons. The van der Waals surface area contributed by atoms with Gasteiger partial charge in [-0.3, -0.25) is 57.5 Å². The van der Waals surface area contributed by atoms with E-state index in [-0.39, 0.29) is 6.54 Å². The standard InChI is InChI=1S/C24H38N12O13/c25-1-13(37)26-2-14(38)27-3-15(39)28-4-16(40)29-5-17(41)30-6-18(42)31-7-19(43)32-8-20(44)33-9-21(45)34-10-22(46)35-11-23(47)36-12-24(48)49/h1-12,25H2,(H,26,37)(H,27,38)(H,28,39)(H,29,40)(H,30,41)(H,31,42)(H,32,43)(H,33,44)(H,34,45)(H,35,46)(H,36,47)(H,48,49). The maximum atomic E-state index is 11.8. The maximum Gasteiger partial charge on any atom is 0.322 e. The second-order valence-electron chi connectivity index (χ2n) is 9.14. The molecule has 0 saturated heterocycles. The number of amides is 11. The Labute approximate surface area is 276 Å². The van der Waals surface area contributed by atoms with Gasteiger partial charge in [0.25, 0.3) is 0 Å². The monoisotopic (exact) mass is 702 g/mol. The average Bonchev–Trinajstić information content (AvgIpc) is 3.07. The predicted molar refractivity (Wildman–Crippen MR) is 160 cm³/mol. The summed E-state index contributed by atoms with van der Waals surface area (Å²) in [6.45, 7) is -6.28.